The van der Waals surface area contributed by atoms with Crippen LogP contribution in [0.5, 0.6) is 5.75 Å². The van der Waals surface area contributed by atoms with Gasteiger partial charge in [0.25, 0.3) is 0 Å². The third-order valence-electron chi connectivity index (χ3n) is 2.71. The van der Waals surface area contributed by atoms with Crippen molar-refractivity contribution in [3.8, 4) is 17.0 Å². The molecule has 1 aromatic heterocycles. The topological polar surface area (TPSA) is 39.9 Å². The molecule has 0 N–H and O–H groups in total. The van der Waals surface area contributed by atoms with Crippen molar-refractivity contribution in [3.05, 3.63) is 66.9 Å². The molecule has 0 bridgehead atoms. The number of para-hydroxylation sites is 1. The first-order valence-corrected chi connectivity index (χ1v) is 6.05. The molecule has 3 rings (SSSR count). The Bertz CT molecular complexity index is 635. The Kier molecular flexibility index (Phi) is 3.23. The third-order valence-corrected chi connectivity index (χ3v) is 2.71. The van der Waals surface area contributed by atoms with Crippen molar-refractivity contribution in [3.63, 3.8) is 0 Å². The van der Waals surface area contributed by atoms with E-state index in [9.17, 15) is 0 Å². The highest BCUT2D eigenvalue weighted by molar-refractivity contribution is 5.57. The van der Waals surface area contributed by atoms with Gasteiger partial charge in [0.15, 0.2) is 6.73 Å². The first kappa shape index (κ1) is 11.5. The Hall–Kier alpha value is -2.62. The molecule has 0 spiro atoms. The van der Waals surface area contributed by atoms with Gasteiger partial charge in [-0.25, -0.2) is 4.68 Å². The SMILES string of the molecule is c1ccc(OCn2cc(-c3ccccc3)nn2)cc1. The van der Waals surface area contributed by atoms with E-state index in [1.54, 1.807) is 4.68 Å². The number of ether oxygens (including phenoxy) is 1. The highest BCUT2D eigenvalue weighted by Gasteiger charge is 2.03. The van der Waals surface area contributed by atoms with E-state index < -0.39 is 0 Å². The summed E-state index contributed by atoms with van der Waals surface area (Å²) in [4.78, 5) is 0. The average molecular weight is 251 g/mol. The molecule has 0 aliphatic heterocycles. The molecule has 0 fully saturated rings. The van der Waals surface area contributed by atoms with Gasteiger partial charge in [-0.15, -0.1) is 5.10 Å². The van der Waals surface area contributed by atoms with Crippen LogP contribution in [0.3, 0.4) is 0 Å². The van der Waals surface area contributed by atoms with Crippen molar-refractivity contribution in [2.24, 2.45) is 0 Å². The Morgan fingerprint density at radius 1 is 0.895 bits per heavy atom. The first-order valence-electron chi connectivity index (χ1n) is 6.05. The van der Waals surface area contributed by atoms with Crippen molar-refractivity contribution in [1.82, 2.24) is 15.0 Å². The summed E-state index contributed by atoms with van der Waals surface area (Å²) in [5.74, 6) is 0.819. The second-order valence-electron chi connectivity index (χ2n) is 4.10. The maximum atomic E-state index is 5.60. The Morgan fingerprint density at radius 2 is 1.58 bits per heavy atom. The molecule has 3 aromatic rings. The predicted octanol–water partition coefficient (Wildman–Crippen LogP) is 2.98. The van der Waals surface area contributed by atoms with Crippen molar-refractivity contribution >= 4 is 0 Å². The highest BCUT2D eigenvalue weighted by Crippen LogP contribution is 2.15. The molecule has 0 aliphatic carbocycles. The van der Waals surface area contributed by atoms with Gasteiger partial charge in [0.05, 0.1) is 6.20 Å². The third kappa shape index (κ3) is 2.80. The number of hydrogen-bond donors (Lipinski definition) is 0. The van der Waals surface area contributed by atoms with Crippen LogP contribution in [0.4, 0.5) is 0 Å². The molecule has 94 valence electrons. The molecule has 19 heavy (non-hydrogen) atoms. The number of rotatable bonds is 4. The second kappa shape index (κ2) is 5.35. The minimum absolute atomic E-state index is 0.351. The van der Waals surface area contributed by atoms with Gasteiger partial charge in [-0.2, -0.15) is 0 Å². The van der Waals surface area contributed by atoms with Crippen molar-refractivity contribution in [1.29, 1.82) is 0 Å². The molecular weight excluding hydrogens is 238 g/mol. The Morgan fingerprint density at radius 3 is 2.32 bits per heavy atom. The number of aromatic nitrogens is 3. The summed E-state index contributed by atoms with van der Waals surface area (Å²) in [6, 6.07) is 19.6. The molecule has 0 saturated heterocycles. The molecular formula is C15H13N3O. The second-order valence-corrected chi connectivity index (χ2v) is 4.10. The minimum Gasteiger partial charge on any atom is -0.471 e. The predicted molar refractivity (Wildman–Crippen MR) is 72.5 cm³/mol. The lowest BCUT2D eigenvalue weighted by Gasteiger charge is -2.04. The van der Waals surface area contributed by atoms with Crippen LogP contribution in [-0.4, -0.2) is 15.0 Å². The summed E-state index contributed by atoms with van der Waals surface area (Å²) in [5, 5.41) is 8.18. The molecule has 0 saturated carbocycles. The quantitative estimate of drug-likeness (QED) is 0.715. The van der Waals surface area contributed by atoms with Gasteiger partial charge < -0.3 is 4.74 Å². The number of nitrogens with zero attached hydrogens (tertiary/aromatic N) is 3. The lowest BCUT2D eigenvalue weighted by molar-refractivity contribution is 0.218. The van der Waals surface area contributed by atoms with Crippen LogP contribution in [-0.2, 0) is 6.73 Å². The zero-order valence-electron chi connectivity index (χ0n) is 10.3. The van der Waals surface area contributed by atoms with Crippen LogP contribution < -0.4 is 4.74 Å². The van der Waals surface area contributed by atoms with E-state index >= 15 is 0 Å². The van der Waals surface area contributed by atoms with E-state index in [2.05, 4.69) is 10.3 Å². The number of benzene rings is 2. The van der Waals surface area contributed by atoms with Crippen LogP contribution in [0.1, 0.15) is 0 Å². The lowest BCUT2D eigenvalue weighted by Crippen LogP contribution is -2.05. The van der Waals surface area contributed by atoms with Gasteiger partial charge in [0.2, 0.25) is 0 Å². The summed E-state index contributed by atoms with van der Waals surface area (Å²) in [6.45, 7) is 0.351. The smallest absolute Gasteiger partial charge is 0.182 e. The van der Waals surface area contributed by atoms with Gasteiger partial charge >= 0.3 is 0 Å². The van der Waals surface area contributed by atoms with Crippen LogP contribution in [0.15, 0.2) is 66.9 Å². The van der Waals surface area contributed by atoms with E-state index in [4.69, 9.17) is 4.74 Å². The molecule has 0 unspecified atom stereocenters. The van der Waals surface area contributed by atoms with Crippen LogP contribution in [0.25, 0.3) is 11.3 Å². The monoisotopic (exact) mass is 251 g/mol. The van der Waals surface area contributed by atoms with Gasteiger partial charge in [0.1, 0.15) is 11.4 Å². The lowest BCUT2D eigenvalue weighted by atomic mass is 10.2. The van der Waals surface area contributed by atoms with Crippen LogP contribution in [0, 0.1) is 0 Å². The summed E-state index contributed by atoms with van der Waals surface area (Å²) < 4.78 is 7.28. The molecule has 0 atom stereocenters. The summed E-state index contributed by atoms with van der Waals surface area (Å²) >= 11 is 0. The standard InChI is InChI=1S/C15H13N3O/c1-3-7-13(8-4-1)15-11-18(17-16-15)12-19-14-9-5-2-6-10-14/h1-11H,12H2. The molecule has 2 aromatic carbocycles. The first-order chi connectivity index (χ1) is 9.42. The maximum Gasteiger partial charge on any atom is 0.182 e. The average Bonchev–Trinajstić information content (AvgIpc) is 2.96. The largest absolute Gasteiger partial charge is 0.471 e. The van der Waals surface area contributed by atoms with E-state index in [0.717, 1.165) is 17.0 Å². The van der Waals surface area contributed by atoms with Crippen molar-refractivity contribution < 1.29 is 4.74 Å². The molecule has 4 nitrogen and oxygen atoms in total. The van der Waals surface area contributed by atoms with E-state index in [1.807, 2.05) is 66.9 Å². The summed E-state index contributed by atoms with van der Waals surface area (Å²) in [5.41, 5.74) is 1.89. The Labute approximate surface area is 111 Å². The van der Waals surface area contributed by atoms with Gasteiger partial charge in [-0.3, -0.25) is 0 Å². The fourth-order valence-corrected chi connectivity index (χ4v) is 1.76. The maximum absolute atomic E-state index is 5.60. The van der Waals surface area contributed by atoms with Crippen LogP contribution >= 0.6 is 0 Å². The van der Waals surface area contributed by atoms with Gasteiger partial charge in [-0.05, 0) is 12.1 Å². The van der Waals surface area contributed by atoms with Crippen LogP contribution in [0.2, 0.25) is 0 Å². The molecule has 1 heterocycles. The normalized spacial score (nSPS) is 10.3. The van der Waals surface area contributed by atoms with Gasteiger partial charge in [-0.1, -0.05) is 53.7 Å². The zero-order chi connectivity index (χ0) is 12.9. The van der Waals surface area contributed by atoms with E-state index in [0.29, 0.717) is 6.73 Å². The molecule has 0 radical (unpaired) electrons. The number of hydrogen-bond acceptors (Lipinski definition) is 3. The van der Waals surface area contributed by atoms with Crippen molar-refractivity contribution in [2.75, 3.05) is 0 Å². The Balaban J connectivity index is 1.69. The van der Waals surface area contributed by atoms with Gasteiger partial charge in [0, 0.05) is 5.56 Å². The van der Waals surface area contributed by atoms with E-state index in [-0.39, 0.29) is 0 Å². The van der Waals surface area contributed by atoms with E-state index in [1.165, 1.54) is 0 Å². The molecule has 4 heteroatoms. The molecule has 0 aliphatic rings. The fourth-order valence-electron chi connectivity index (χ4n) is 1.76. The fraction of sp³-hybridized carbons (Fsp3) is 0.0667. The highest BCUT2D eigenvalue weighted by atomic mass is 16.5. The minimum atomic E-state index is 0.351. The summed E-state index contributed by atoms with van der Waals surface area (Å²) in [7, 11) is 0. The summed E-state index contributed by atoms with van der Waals surface area (Å²) in [6.07, 6.45) is 1.87. The zero-order valence-corrected chi connectivity index (χ0v) is 10.3. The van der Waals surface area contributed by atoms with Crippen molar-refractivity contribution in [2.45, 2.75) is 6.73 Å². The molecule has 0 amide bonds.